The predicted molar refractivity (Wildman–Crippen MR) is 137 cm³/mol. The normalized spacial score (nSPS) is 19.4. The number of carbonyl (C=O) groups excluding carboxylic acids is 1. The fraction of sp³-hybridized carbons (Fsp3) is 0.500. The first-order valence-electron chi connectivity index (χ1n) is 12.6. The monoisotopic (exact) mass is 479 g/mol. The lowest BCUT2D eigenvalue weighted by Gasteiger charge is -2.36. The second-order valence-electron chi connectivity index (χ2n) is 9.34. The molecule has 7 heteroatoms. The number of rotatable bonds is 4. The predicted octanol–water partition coefficient (Wildman–Crippen LogP) is 3.74. The van der Waals surface area contributed by atoms with Crippen LogP contribution in [0.1, 0.15) is 58.8 Å². The molecule has 2 aromatic rings. The van der Waals surface area contributed by atoms with Gasteiger partial charge in [-0.2, -0.15) is 0 Å². The molecular weight excluding hydrogens is 442 g/mol. The largest absolute Gasteiger partial charge is 0.496 e. The number of methoxy groups -OCH3 is 1. The van der Waals surface area contributed by atoms with Gasteiger partial charge in [-0.15, -0.1) is 0 Å². The zero-order valence-electron chi connectivity index (χ0n) is 21.0. The topological polar surface area (TPSA) is 83.9 Å². The summed E-state index contributed by atoms with van der Waals surface area (Å²) in [5.41, 5.74) is 5.61. The fourth-order valence-electron chi connectivity index (χ4n) is 5.22. The zero-order chi connectivity index (χ0) is 24.8. The Kier molecular flexibility index (Phi) is 8.42. The number of pyridine rings is 1. The van der Waals surface area contributed by atoms with Gasteiger partial charge in [-0.3, -0.25) is 9.78 Å². The first kappa shape index (κ1) is 25.2. The summed E-state index contributed by atoms with van der Waals surface area (Å²) >= 11 is 0. The Morgan fingerprint density at radius 1 is 1.20 bits per heavy atom. The number of amides is 1. The summed E-state index contributed by atoms with van der Waals surface area (Å²) in [6.45, 7) is 6.83. The Balaban J connectivity index is 1.73. The van der Waals surface area contributed by atoms with Crippen LogP contribution in [0, 0.1) is 6.92 Å². The molecule has 1 atom stereocenters. The van der Waals surface area contributed by atoms with E-state index in [0.29, 0.717) is 37.4 Å². The van der Waals surface area contributed by atoms with Crippen LogP contribution >= 0.6 is 0 Å². The molecule has 1 unspecified atom stereocenters. The maximum Gasteiger partial charge on any atom is 0.253 e. The summed E-state index contributed by atoms with van der Waals surface area (Å²) in [5.74, 6) is 0.600. The summed E-state index contributed by atoms with van der Waals surface area (Å²) in [4.78, 5) is 20.3. The Labute approximate surface area is 208 Å². The Bertz CT molecular complexity index is 1060. The van der Waals surface area contributed by atoms with Crippen molar-refractivity contribution in [2.24, 2.45) is 0 Å². The summed E-state index contributed by atoms with van der Waals surface area (Å²) in [7, 11) is 1.65. The van der Waals surface area contributed by atoms with Gasteiger partial charge in [0, 0.05) is 44.1 Å². The maximum absolute atomic E-state index is 13.5. The van der Waals surface area contributed by atoms with Crippen LogP contribution in [0.3, 0.4) is 0 Å². The van der Waals surface area contributed by atoms with E-state index in [0.717, 1.165) is 66.3 Å². The summed E-state index contributed by atoms with van der Waals surface area (Å²) < 4.78 is 11.2. The minimum absolute atomic E-state index is 0.154. The van der Waals surface area contributed by atoms with Crippen molar-refractivity contribution < 1.29 is 19.4 Å². The average Bonchev–Trinajstić information content (AvgIpc) is 2.88. The third-order valence-electron chi connectivity index (χ3n) is 7.04. The van der Waals surface area contributed by atoms with E-state index in [1.54, 1.807) is 13.3 Å². The second kappa shape index (κ2) is 11.7. The van der Waals surface area contributed by atoms with Crippen molar-refractivity contribution in [3.05, 3.63) is 64.5 Å². The highest BCUT2D eigenvalue weighted by molar-refractivity contribution is 5.97. The molecule has 1 saturated heterocycles. The summed E-state index contributed by atoms with van der Waals surface area (Å²) in [6.07, 6.45) is 10.5. The van der Waals surface area contributed by atoms with Crippen LogP contribution < -0.4 is 15.0 Å². The van der Waals surface area contributed by atoms with Crippen LogP contribution in [-0.4, -0.2) is 55.0 Å². The molecule has 7 nitrogen and oxygen atoms in total. The van der Waals surface area contributed by atoms with Crippen molar-refractivity contribution in [3.63, 3.8) is 0 Å². The van der Waals surface area contributed by atoms with Crippen molar-refractivity contribution in [2.75, 3.05) is 31.8 Å². The highest BCUT2D eigenvalue weighted by Gasteiger charge is 2.25. The first-order valence-corrected chi connectivity index (χ1v) is 12.6. The molecule has 35 heavy (non-hydrogen) atoms. The molecule has 0 spiro atoms. The molecule has 0 saturated carbocycles. The third-order valence-corrected chi connectivity index (χ3v) is 7.04. The zero-order valence-corrected chi connectivity index (χ0v) is 21.0. The number of carbonyl (C=O) groups is 1. The maximum atomic E-state index is 13.5. The molecule has 0 aliphatic carbocycles. The summed E-state index contributed by atoms with van der Waals surface area (Å²) in [5, 5.41) is 13.8. The van der Waals surface area contributed by atoms with E-state index < -0.39 is 6.10 Å². The minimum atomic E-state index is -0.565. The van der Waals surface area contributed by atoms with E-state index in [1.807, 2.05) is 31.3 Å². The molecule has 2 N–H and O–H groups in total. The van der Waals surface area contributed by atoms with Gasteiger partial charge >= 0.3 is 0 Å². The second-order valence-corrected chi connectivity index (χ2v) is 9.34. The molecule has 2 aliphatic heterocycles. The number of aliphatic hydroxyl groups excluding tert-OH is 1. The molecule has 3 heterocycles. The van der Waals surface area contributed by atoms with Gasteiger partial charge in [0.25, 0.3) is 5.91 Å². The highest BCUT2D eigenvalue weighted by atomic mass is 16.5. The standard InChI is InChI=1S/C28H37N3O4/c1-4-31(21-10-12-35-13-11-21)26-18-29-16-25-23(26)7-5-6-22(32)9-8-20-14-19(2)15-27(34-3)24(20)17-30-28(25)33/h5-6,14-16,18,21-22,32H,4,7-13,17H2,1-3H3,(H,30,33). The van der Waals surface area contributed by atoms with E-state index in [-0.39, 0.29) is 5.91 Å². The molecule has 0 radical (unpaired) electrons. The lowest BCUT2D eigenvalue weighted by atomic mass is 9.97. The number of hydrogen-bond donors (Lipinski definition) is 2. The van der Waals surface area contributed by atoms with Crippen LogP contribution in [0.15, 0.2) is 36.7 Å². The number of anilines is 1. The van der Waals surface area contributed by atoms with Crippen LogP contribution in [0.25, 0.3) is 0 Å². The van der Waals surface area contributed by atoms with E-state index in [2.05, 4.69) is 28.2 Å². The number of benzene rings is 1. The van der Waals surface area contributed by atoms with E-state index in [4.69, 9.17) is 9.47 Å². The Morgan fingerprint density at radius 3 is 2.74 bits per heavy atom. The van der Waals surface area contributed by atoms with Gasteiger partial charge < -0.3 is 24.8 Å². The number of nitrogens with one attached hydrogen (secondary N) is 1. The molecule has 0 bridgehead atoms. The molecule has 1 aromatic carbocycles. The molecule has 4 rings (SSSR count). The molecule has 1 amide bonds. The van der Waals surface area contributed by atoms with Gasteiger partial charge in [0.15, 0.2) is 0 Å². The van der Waals surface area contributed by atoms with Crippen molar-refractivity contribution in [3.8, 4) is 5.75 Å². The number of aryl methyl sites for hydroxylation is 2. The number of aliphatic hydroxyl groups is 1. The number of nitrogens with zero attached hydrogens (tertiary/aromatic N) is 2. The van der Waals surface area contributed by atoms with Gasteiger partial charge in [-0.25, -0.2) is 0 Å². The van der Waals surface area contributed by atoms with Gasteiger partial charge in [-0.1, -0.05) is 18.2 Å². The molecule has 1 fully saturated rings. The summed E-state index contributed by atoms with van der Waals surface area (Å²) in [6, 6.07) is 4.45. The fourth-order valence-corrected chi connectivity index (χ4v) is 5.22. The SMILES string of the molecule is CCN(c1cncc2c1CC=CC(O)CCc1cc(C)cc(OC)c1CNC2=O)C1CCOCC1. The van der Waals surface area contributed by atoms with Crippen LogP contribution in [0.2, 0.25) is 0 Å². The van der Waals surface area contributed by atoms with Crippen molar-refractivity contribution in [1.29, 1.82) is 0 Å². The van der Waals surface area contributed by atoms with Crippen molar-refractivity contribution in [1.82, 2.24) is 10.3 Å². The molecular formula is C28H37N3O4. The smallest absolute Gasteiger partial charge is 0.253 e. The number of aromatic nitrogens is 1. The lowest BCUT2D eigenvalue weighted by molar-refractivity contribution is 0.0845. The first-order chi connectivity index (χ1) is 17.0. The van der Waals surface area contributed by atoms with E-state index in [1.165, 1.54) is 0 Å². The quantitative estimate of drug-likeness (QED) is 0.650. The number of ether oxygens (including phenoxy) is 2. The highest BCUT2D eigenvalue weighted by Crippen LogP contribution is 2.30. The molecule has 188 valence electrons. The van der Waals surface area contributed by atoms with Gasteiger partial charge in [0.05, 0.1) is 30.7 Å². The Morgan fingerprint density at radius 2 is 2.00 bits per heavy atom. The lowest BCUT2D eigenvalue weighted by Crippen LogP contribution is -2.40. The van der Waals surface area contributed by atoms with Gasteiger partial charge in [0.2, 0.25) is 0 Å². The molecule has 1 aromatic heterocycles. The van der Waals surface area contributed by atoms with Crippen molar-refractivity contribution >= 4 is 11.6 Å². The van der Waals surface area contributed by atoms with Gasteiger partial charge in [0.1, 0.15) is 5.75 Å². The van der Waals surface area contributed by atoms with Crippen LogP contribution in [0.4, 0.5) is 5.69 Å². The number of allylic oxidation sites excluding steroid dienone is 1. The van der Waals surface area contributed by atoms with Gasteiger partial charge in [-0.05, 0) is 68.7 Å². The van der Waals surface area contributed by atoms with Crippen LogP contribution in [-0.2, 0) is 24.1 Å². The number of hydrogen-bond acceptors (Lipinski definition) is 6. The molecule has 2 aliphatic rings. The van der Waals surface area contributed by atoms with E-state index in [9.17, 15) is 9.90 Å². The third kappa shape index (κ3) is 5.85. The van der Waals surface area contributed by atoms with Crippen LogP contribution in [0.5, 0.6) is 5.75 Å². The van der Waals surface area contributed by atoms with E-state index >= 15 is 0 Å². The number of fused-ring (bicyclic) bond motifs is 2. The Hall–Kier alpha value is -2.90. The minimum Gasteiger partial charge on any atom is -0.496 e. The van der Waals surface area contributed by atoms with Crippen molar-refractivity contribution in [2.45, 2.75) is 64.6 Å². The average molecular weight is 480 g/mol.